The van der Waals surface area contributed by atoms with Crippen LogP contribution < -0.4 is 5.32 Å². The second-order valence-corrected chi connectivity index (χ2v) is 2.81. The maximum absolute atomic E-state index is 13.2. The Morgan fingerprint density at radius 3 is 2.56 bits per heavy atom. The first-order valence-corrected chi connectivity index (χ1v) is 4.14. The first-order valence-electron chi connectivity index (χ1n) is 4.14. The Bertz CT molecular complexity index is 514. The fraction of sp³-hybridized carbons (Fsp3) is 0.100. The highest BCUT2D eigenvalue weighted by Gasteiger charge is 2.11. The standard InChI is InChI=1S/C10H5F2N3O/c11-7-4-9(15-10(16)1-2-13)8(12)3-6(7)5-14/h3-4H,1H2,(H,15,16). The lowest BCUT2D eigenvalue weighted by atomic mass is 10.2. The predicted molar refractivity (Wildman–Crippen MR) is 49.9 cm³/mol. The molecule has 4 nitrogen and oxygen atoms in total. The van der Waals surface area contributed by atoms with Crippen molar-refractivity contribution in [2.45, 2.75) is 6.42 Å². The van der Waals surface area contributed by atoms with Gasteiger partial charge in [0, 0.05) is 6.07 Å². The maximum atomic E-state index is 13.2. The molecule has 0 saturated carbocycles. The Kier molecular flexibility index (Phi) is 3.52. The summed E-state index contributed by atoms with van der Waals surface area (Å²) < 4.78 is 26.3. The highest BCUT2D eigenvalue weighted by Crippen LogP contribution is 2.18. The molecule has 1 amide bonds. The molecule has 16 heavy (non-hydrogen) atoms. The van der Waals surface area contributed by atoms with Crippen molar-refractivity contribution in [3.8, 4) is 12.1 Å². The number of nitrogens with one attached hydrogen (secondary N) is 1. The van der Waals surface area contributed by atoms with E-state index in [1.165, 1.54) is 6.07 Å². The monoisotopic (exact) mass is 221 g/mol. The summed E-state index contributed by atoms with van der Waals surface area (Å²) in [5.41, 5.74) is -0.840. The lowest BCUT2D eigenvalue weighted by Crippen LogP contribution is -2.12. The lowest BCUT2D eigenvalue weighted by Gasteiger charge is -2.05. The number of rotatable bonds is 2. The second kappa shape index (κ2) is 4.85. The smallest absolute Gasteiger partial charge is 0.238 e. The van der Waals surface area contributed by atoms with Gasteiger partial charge in [0.1, 0.15) is 24.1 Å². The van der Waals surface area contributed by atoms with Crippen LogP contribution in [0, 0.1) is 34.3 Å². The van der Waals surface area contributed by atoms with Crippen molar-refractivity contribution in [3.05, 3.63) is 29.3 Å². The molecule has 0 aliphatic heterocycles. The van der Waals surface area contributed by atoms with Gasteiger partial charge < -0.3 is 5.32 Å². The third-order valence-corrected chi connectivity index (χ3v) is 1.69. The van der Waals surface area contributed by atoms with Crippen molar-refractivity contribution in [2.24, 2.45) is 0 Å². The van der Waals surface area contributed by atoms with E-state index in [2.05, 4.69) is 0 Å². The number of carbonyl (C=O) groups is 1. The van der Waals surface area contributed by atoms with Crippen molar-refractivity contribution in [3.63, 3.8) is 0 Å². The first-order chi connectivity index (χ1) is 7.58. The molecule has 0 saturated heterocycles. The number of amides is 1. The second-order valence-electron chi connectivity index (χ2n) is 2.81. The fourth-order valence-electron chi connectivity index (χ4n) is 0.995. The van der Waals surface area contributed by atoms with Crippen LogP contribution in [0.25, 0.3) is 0 Å². The quantitative estimate of drug-likeness (QED) is 0.825. The summed E-state index contributed by atoms with van der Waals surface area (Å²) in [6.45, 7) is 0. The molecule has 6 heteroatoms. The average Bonchev–Trinajstić information content (AvgIpc) is 2.23. The summed E-state index contributed by atoms with van der Waals surface area (Å²) >= 11 is 0. The van der Waals surface area contributed by atoms with Crippen LogP contribution in [0.2, 0.25) is 0 Å². The summed E-state index contributed by atoms with van der Waals surface area (Å²) in [4.78, 5) is 10.9. The van der Waals surface area contributed by atoms with E-state index in [0.717, 1.165) is 0 Å². The number of benzene rings is 1. The SMILES string of the molecule is N#CCC(=O)Nc1cc(F)c(C#N)cc1F. The van der Waals surface area contributed by atoms with Crippen molar-refractivity contribution in [1.82, 2.24) is 0 Å². The van der Waals surface area contributed by atoms with Crippen LogP contribution in [-0.2, 0) is 4.79 Å². The average molecular weight is 221 g/mol. The lowest BCUT2D eigenvalue weighted by molar-refractivity contribution is -0.115. The molecule has 0 spiro atoms. The van der Waals surface area contributed by atoms with Gasteiger partial charge in [0.2, 0.25) is 5.91 Å². The summed E-state index contributed by atoms with van der Waals surface area (Å²) in [6.07, 6.45) is -0.457. The molecule has 0 aliphatic carbocycles. The first kappa shape index (κ1) is 11.6. The molecule has 1 aromatic carbocycles. The van der Waals surface area contributed by atoms with Crippen LogP contribution in [0.1, 0.15) is 12.0 Å². The van der Waals surface area contributed by atoms with Gasteiger partial charge in [0.15, 0.2) is 0 Å². The molecular weight excluding hydrogens is 216 g/mol. The van der Waals surface area contributed by atoms with Gasteiger partial charge in [-0.05, 0) is 6.07 Å². The Hall–Kier alpha value is -2.47. The van der Waals surface area contributed by atoms with Crippen LogP contribution in [0.5, 0.6) is 0 Å². The Morgan fingerprint density at radius 2 is 2.00 bits per heavy atom. The summed E-state index contributed by atoms with van der Waals surface area (Å²) in [6, 6.07) is 4.40. The van der Waals surface area contributed by atoms with Gasteiger partial charge in [-0.3, -0.25) is 4.79 Å². The summed E-state index contributed by atoms with van der Waals surface area (Å²) in [5, 5.41) is 18.6. The molecule has 0 aromatic heterocycles. The maximum Gasteiger partial charge on any atom is 0.238 e. The molecule has 0 heterocycles. The largest absolute Gasteiger partial charge is 0.323 e. The van der Waals surface area contributed by atoms with E-state index >= 15 is 0 Å². The highest BCUT2D eigenvalue weighted by molar-refractivity contribution is 5.92. The fourth-order valence-corrected chi connectivity index (χ4v) is 0.995. The van der Waals surface area contributed by atoms with Crippen LogP contribution in [0.3, 0.4) is 0 Å². The Morgan fingerprint density at radius 1 is 1.31 bits per heavy atom. The highest BCUT2D eigenvalue weighted by atomic mass is 19.1. The normalized spacial score (nSPS) is 9.00. The van der Waals surface area contributed by atoms with Gasteiger partial charge in [-0.15, -0.1) is 0 Å². The molecule has 1 N–H and O–H groups in total. The number of anilines is 1. The number of nitriles is 2. The van der Waals surface area contributed by atoms with Crippen LogP contribution in [0.4, 0.5) is 14.5 Å². The molecule has 0 aliphatic rings. The third kappa shape index (κ3) is 2.52. The van der Waals surface area contributed by atoms with Crippen molar-refractivity contribution >= 4 is 11.6 Å². The molecule has 80 valence electrons. The Balaban J connectivity index is 3.00. The minimum absolute atomic E-state index is 0.392. The molecule has 0 fully saturated rings. The molecule has 1 rings (SSSR count). The molecule has 1 aromatic rings. The van der Waals surface area contributed by atoms with E-state index in [1.54, 1.807) is 6.07 Å². The molecule has 0 radical (unpaired) electrons. The van der Waals surface area contributed by atoms with E-state index in [1.807, 2.05) is 5.32 Å². The van der Waals surface area contributed by atoms with Crippen LogP contribution in [-0.4, -0.2) is 5.91 Å². The van der Waals surface area contributed by atoms with E-state index in [4.69, 9.17) is 10.5 Å². The Labute approximate surface area is 89.7 Å². The minimum atomic E-state index is -0.934. The summed E-state index contributed by atoms with van der Waals surface area (Å²) in [7, 11) is 0. The molecule has 0 atom stereocenters. The zero-order valence-corrected chi connectivity index (χ0v) is 7.92. The zero-order valence-electron chi connectivity index (χ0n) is 7.92. The topological polar surface area (TPSA) is 76.7 Å². The van der Waals surface area contributed by atoms with Crippen LogP contribution in [0.15, 0.2) is 12.1 Å². The van der Waals surface area contributed by atoms with Gasteiger partial charge in [-0.25, -0.2) is 8.78 Å². The molecule has 0 bridgehead atoms. The number of hydrogen-bond donors (Lipinski definition) is 1. The summed E-state index contributed by atoms with van der Waals surface area (Å²) in [5.74, 6) is -2.61. The number of hydrogen-bond acceptors (Lipinski definition) is 3. The third-order valence-electron chi connectivity index (χ3n) is 1.69. The van der Waals surface area contributed by atoms with Crippen molar-refractivity contribution < 1.29 is 13.6 Å². The number of nitrogens with zero attached hydrogens (tertiary/aromatic N) is 2. The zero-order chi connectivity index (χ0) is 12.1. The number of halogens is 2. The van der Waals surface area contributed by atoms with Crippen LogP contribution >= 0.6 is 0 Å². The molecular formula is C10H5F2N3O. The molecule has 0 unspecified atom stereocenters. The van der Waals surface area contributed by atoms with Gasteiger partial charge in [-0.1, -0.05) is 0 Å². The van der Waals surface area contributed by atoms with E-state index in [0.29, 0.717) is 12.1 Å². The minimum Gasteiger partial charge on any atom is -0.323 e. The van der Waals surface area contributed by atoms with Gasteiger partial charge in [0.25, 0.3) is 0 Å². The van der Waals surface area contributed by atoms with Gasteiger partial charge in [0.05, 0.1) is 17.3 Å². The van der Waals surface area contributed by atoms with E-state index in [9.17, 15) is 13.6 Å². The van der Waals surface area contributed by atoms with Crippen molar-refractivity contribution in [2.75, 3.05) is 5.32 Å². The van der Waals surface area contributed by atoms with Crippen molar-refractivity contribution in [1.29, 1.82) is 10.5 Å². The van der Waals surface area contributed by atoms with E-state index < -0.39 is 35.2 Å². The van der Waals surface area contributed by atoms with Gasteiger partial charge >= 0.3 is 0 Å². The van der Waals surface area contributed by atoms with Gasteiger partial charge in [-0.2, -0.15) is 10.5 Å². The van der Waals surface area contributed by atoms with E-state index in [-0.39, 0.29) is 0 Å². The number of carbonyl (C=O) groups excluding carboxylic acids is 1. The predicted octanol–water partition coefficient (Wildman–Crippen LogP) is 1.69.